The number of hydrogen-bond donors (Lipinski definition) is 0. The van der Waals surface area contributed by atoms with E-state index in [1.807, 2.05) is 24.3 Å². The van der Waals surface area contributed by atoms with Gasteiger partial charge in [-0.25, -0.2) is 0 Å². The Bertz CT molecular complexity index is 946. The van der Waals surface area contributed by atoms with Gasteiger partial charge in [0.1, 0.15) is 0 Å². The molecule has 0 aliphatic carbocycles. The van der Waals surface area contributed by atoms with Crippen LogP contribution < -0.4 is 18.0 Å². The third kappa shape index (κ3) is 7.21. The maximum atomic E-state index is 5.41. The zero-order valence-electron chi connectivity index (χ0n) is 23.1. The molecule has 4 heteroatoms. The first-order valence-corrected chi connectivity index (χ1v) is 21.3. The van der Waals surface area contributed by atoms with Crippen LogP contribution in [0, 0.1) is 0 Å². The van der Waals surface area contributed by atoms with Crippen molar-refractivity contribution >= 4 is 39.0 Å². The Kier molecular flexibility index (Phi) is 11.5. The molecule has 194 valence electrons. The number of anilines is 3. The van der Waals surface area contributed by atoms with E-state index >= 15 is 0 Å². The van der Waals surface area contributed by atoms with E-state index in [0.717, 1.165) is 22.9 Å². The van der Waals surface area contributed by atoms with Crippen molar-refractivity contribution in [3.63, 3.8) is 0 Å². The molecule has 0 N–H and O–H groups in total. The number of unbranched alkanes of at least 4 members (excludes halogenated alkanes) is 3. The molecule has 0 atom stereocenters. The molecule has 0 radical (unpaired) electrons. The van der Waals surface area contributed by atoms with Gasteiger partial charge in [-0.2, -0.15) is 0 Å². The topological polar surface area (TPSA) is 21.7 Å². The number of hydrogen-bond acceptors (Lipinski definition) is 3. The number of benzene rings is 3. The minimum atomic E-state index is -2.45. The predicted molar refractivity (Wildman–Crippen MR) is 159 cm³/mol. The summed E-state index contributed by atoms with van der Waals surface area (Å²) in [6.07, 6.45) is 8.06. The normalized spacial score (nSPS) is 11.4. The zero-order valence-corrected chi connectivity index (χ0v) is 25.9. The predicted octanol–water partition coefficient (Wildman–Crippen LogP) is 9.23. The Balaban J connectivity index is 2.02. The average Bonchev–Trinajstić information content (AvgIpc) is 2.94. The van der Waals surface area contributed by atoms with Crippen molar-refractivity contribution in [2.45, 2.75) is 72.6 Å². The summed E-state index contributed by atoms with van der Waals surface area (Å²) in [6, 6.07) is 26.3. The number of methoxy groups -OCH3 is 2. The van der Waals surface area contributed by atoms with E-state index in [1.165, 1.54) is 57.5 Å². The van der Waals surface area contributed by atoms with Crippen molar-refractivity contribution in [2.24, 2.45) is 0 Å². The fourth-order valence-corrected chi connectivity index (χ4v) is 21.2. The molecule has 0 fully saturated rings. The van der Waals surface area contributed by atoms with Gasteiger partial charge in [0, 0.05) is 0 Å². The maximum absolute atomic E-state index is 5.41. The van der Waals surface area contributed by atoms with Crippen LogP contribution in [-0.4, -0.2) is 32.6 Å². The van der Waals surface area contributed by atoms with E-state index < -0.39 is 18.4 Å². The van der Waals surface area contributed by atoms with E-state index in [4.69, 9.17) is 9.47 Å². The van der Waals surface area contributed by atoms with E-state index in [1.54, 1.807) is 17.8 Å². The monoisotopic (exact) mass is 595 g/mol. The fraction of sp³-hybridized carbons (Fsp3) is 0.438. The second kappa shape index (κ2) is 14.6. The average molecular weight is 594 g/mol. The van der Waals surface area contributed by atoms with Crippen LogP contribution in [0.2, 0.25) is 13.3 Å². The third-order valence-corrected chi connectivity index (χ3v) is 23.1. The van der Waals surface area contributed by atoms with E-state index in [2.05, 4.69) is 74.2 Å². The Morgan fingerprint density at radius 3 is 1.17 bits per heavy atom. The van der Waals surface area contributed by atoms with Gasteiger partial charge in [0.2, 0.25) is 0 Å². The van der Waals surface area contributed by atoms with Gasteiger partial charge >= 0.3 is 225 Å². The van der Waals surface area contributed by atoms with Crippen LogP contribution in [0.1, 0.15) is 59.3 Å². The first kappa shape index (κ1) is 28.4. The molecule has 0 saturated carbocycles. The molecule has 0 saturated heterocycles. The molecule has 0 aliphatic rings. The van der Waals surface area contributed by atoms with Crippen LogP contribution in [-0.2, 0) is 0 Å². The van der Waals surface area contributed by atoms with Gasteiger partial charge in [-0.3, -0.25) is 0 Å². The van der Waals surface area contributed by atoms with Gasteiger partial charge < -0.3 is 0 Å². The summed E-state index contributed by atoms with van der Waals surface area (Å²) in [6.45, 7) is 7.04. The number of ether oxygens (including phenoxy) is 2. The van der Waals surface area contributed by atoms with Gasteiger partial charge in [-0.15, -0.1) is 0 Å². The second-order valence-corrected chi connectivity index (χ2v) is 23.1. The molecule has 36 heavy (non-hydrogen) atoms. The molecule has 3 aromatic rings. The van der Waals surface area contributed by atoms with Crippen LogP contribution >= 0.6 is 0 Å². The Hall–Kier alpha value is -2.14. The van der Waals surface area contributed by atoms with Gasteiger partial charge in [-0.1, -0.05) is 0 Å². The van der Waals surface area contributed by atoms with Crippen LogP contribution in [0.25, 0.3) is 0 Å². The summed E-state index contributed by atoms with van der Waals surface area (Å²) >= 11 is -2.45. The first-order valence-electron chi connectivity index (χ1n) is 13.8. The van der Waals surface area contributed by atoms with Crippen molar-refractivity contribution in [2.75, 3.05) is 19.1 Å². The van der Waals surface area contributed by atoms with Crippen LogP contribution in [0.3, 0.4) is 0 Å². The Morgan fingerprint density at radius 1 is 0.528 bits per heavy atom. The van der Waals surface area contributed by atoms with E-state index in [-0.39, 0.29) is 0 Å². The summed E-state index contributed by atoms with van der Waals surface area (Å²) in [7, 11) is 3.42. The third-order valence-electron chi connectivity index (χ3n) is 7.43. The van der Waals surface area contributed by atoms with Crippen LogP contribution in [0.5, 0.6) is 11.5 Å². The molecule has 0 unspecified atom stereocenters. The summed E-state index contributed by atoms with van der Waals surface area (Å²) in [5, 5.41) is 0. The molecule has 0 bridgehead atoms. The van der Waals surface area contributed by atoms with Crippen molar-refractivity contribution in [3.8, 4) is 11.5 Å². The summed E-state index contributed by atoms with van der Waals surface area (Å²) in [5.41, 5.74) is 3.42. The van der Waals surface area contributed by atoms with E-state index in [9.17, 15) is 0 Å². The SMILES string of the molecule is CCC[CH2][Sn]([CH2]CCC)([CH2]CCC)[c]1ccc(N(c2ccc(OC)cc2)c2ccc(OC)cc2)cc1. The zero-order chi connectivity index (χ0) is 25.8. The van der Waals surface area contributed by atoms with Gasteiger partial charge in [-0.05, 0) is 0 Å². The molecule has 3 aromatic carbocycles. The quantitative estimate of drug-likeness (QED) is 0.164. The molecule has 0 spiro atoms. The fourth-order valence-electron chi connectivity index (χ4n) is 5.23. The standard InChI is InChI=1S/C20H18NO2.3C4H9.Sn/c1-22-19-12-8-17(9-13-19)21(16-6-4-3-5-7-16)18-10-14-20(23-2)15-11-18;3*1-3-4-2;/h4-15H,1-2H3;3*1,3-4H2,2H3;. The number of rotatable bonds is 15. The summed E-state index contributed by atoms with van der Waals surface area (Å²) in [5.74, 6) is 1.73. The molecule has 3 nitrogen and oxygen atoms in total. The minimum absolute atomic E-state index is 0.866. The molecule has 0 aliphatic heterocycles. The molecule has 0 heterocycles. The molecule has 0 amide bonds. The van der Waals surface area contributed by atoms with Crippen LogP contribution in [0.15, 0.2) is 72.8 Å². The van der Waals surface area contributed by atoms with Crippen LogP contribution in [0.4, 0.5) is 17.1 Å². The van der Waals surface area contributed by atoms with Crippen molar-refractivity contribution < 1.29 is 9.47 Å². The summed E-state index contributed by atoms with van der Waals surface area (Å²) < 4.78 is 17.0. The van der Waals surface area contributed by atoms with Crippen molar-refractivity contribution in [1.29, 1.82) is 0 Å². The molecule has 3 rings (SSSR count). The van der Waals surface area contributed by atoms with Gasteiger partial charge in [0.05, 0.1) is 0 Å². The molecular weight excluding hydrogens is 549 g/mol. The van der Waals surface area contributed by atoms with Gasteiger partial charge in [0.15, 0.2) is 0 Å². The van der Waals surface area contributed by atoms with Crippen molar-refractivity contribution in [1.82, 2.24) is 0 Å². The van der Waals surface area contributed by atoms with E-state index in [0.29, 0.717) is 0 Å². The molecular formula is C32H45NO2Sn. The number of nitrogens with zero attached hydrogens (tertiary/aromatic N) is 1. The Labute approximate surface area is 223 Å². The molecule has 0 aromatic heterocycles. The first-order chi connectivity index (χ1) is 17.6. The second-order valence-electron chi connectivity index (χ2n) is 9.87. The van der Waals surface area contributed by atoms with Crippen molar-refractivity contribution in [3.05, 3.63) is 72.8 Å². The van der Waals surface area contributed by atoms with Gasteiger partial charge in [0.25, 0.3) is 0 Å². The summed E-state index contributed by atoms with van der Waals surface area (Å²) in [4.78, 5) is 2.32. The Morgan fingerprint density at radius 2 is 0.861 bits per heavy atom.